The fourth-order valence-electron chi connectivity index (χ4n) is 16.3. The molecule has 0 N–H and O–H groups in total. The van der Waals surface area contributed by atoms with Gasteiger partial charge in [0.1, 0.15) is 36.8 Å². The third kappa shape index (κ3) is 6.17. The van der Waals surface area contributed by atoms with E-state index in [1.165, 1.54) is 24.3 Å². The summed E-state index contributed by atoms with van der Waals surface area (Å²) in [5.74, 6) is -4.73. The van der Waals surface area contributed by atoms with Gasteiger partial charge in [-0.1, -0.05) is 39.8 Å². The van der Waals surface area contributed by atoms with E-state index < -0.39 is 115 Å². The van der Waals surface area contributed by atoms with E-state index in [4.69, 9.17) is 75.1 Å². The Morgan fingerprint density at radius 2 is 0.985 bits per heavy atom. The Morgan fingerprint density at radius 1 is 0.621 bits per heavy atom. The van der Waals surface area contributed by atoms with Crippen LogP contribution in [0, 0.1) is 45.3 Å². The molecular formula is C50H60Cl4F2O10. The summed E-state index contributed by atoms with van der Waals surface area (Å²) >= 11 is 30.2. The number of halogens is 6. The highest BCUT2D eigenvalue weighted by molar-refractivity contribution is 6.34. The first-order valence-corrected chi connectivity index (χ1v) is 25.1. The van der Waals surface area contributed by atoms with Crippen molar-refractivity contribution in [2.45, 2.75) is 175 Å². The number of fused-ring (bicyclic) bond motifs is 14. The maximum absolute atomic E-state index is 16.2. The number of alkyl halides is 6. The van der Waals surface area contributed by atoms with Gasteiger partial charge in [-0.15, -0.1) is 46.4 Å². The molecule has 362 valence electrons. The average Bonchev–Trinajstić information content (AvgIpc) is 3.79. The van der Waals surface area contributed by atoms with Gasteiger partial charge < -0.3 is 18.9 Å². The lowest BCUT2D eigenvalue weighted by Crippen LogP contribution is -2.68. The van der Waals surface area contributed by atoms with Crippen molar-refractivity contribution in [1.29, 1.82) is 0 Å². The molecule has 10 rings (SSSR count). The number of ether oxygens (including phenoxy) is 4. The van der Waals surface area contributed by atoms with Crippen LogP contribution in [0.3, 0.4) is 0 Å². The Morgan fingerprint density at radius 3 is 1.35 bits per heavy atom. The predicted octanol–water partition coefficient (Wildman–Crippen LogP) is 9.52. The average molecular weight is 1000 g/mol. The third-order valence-corrected chi connectivity index (χ3v) is 22.1. The van der Waals surface area contributed by atoms with Crippen LogP contribution in [0.1, 0.15) is 107 Å². The van der Waals surface area contributed by atoms with Crippen LogP contribution < -0.4 is 0 Å². The van der Waals surface area contributed by atoms with Crippen molar-refractivity contribution in [2.24, 2.45) is 45.3 Å². The van der Waals surface area contributed by atoms with E-state index in [0.717, 1.165) is 0 Å². The van der Waals surface area contributed by atoms with Gasteiger partial charge in [-0.3, -0.25) is 19.2 Å². The minimum atomic E-state index is -1.41. The Hall–Kier alpha value is -1.58. The van der Waals surface area contributed by atoms with Crippen LogP contribution in [-0.2, 0) is 47.9 Å². The van der Waals surface area contributed by atoms with Crippen molar-refractivity contribution < 1.29 is 56.7 Å². The first kappa shape index (κ1) is 48.1. The smallest absolute Gasteiger partial charge is 0.178 e. The highest BCUT2D eigenvalue weighted by Crippen LogP contribution is 2.76. The number of carbonyl (C=O) groups is 4. The van der Waals surface area contributed by atoms with E-state index in [1.54, 1.807) is 39.8 Å². The lowest BCUT2D eigenvalue weighted by atomic mass is 9.46. The second-order valence-electron chi connectivity index (χ2n) is 23.0. The van der Waals surface area contributed by atoms with Crippen molar-refractivity contribution in [1.82, 2.24) is 0 Å². The number of carbonyl (C=O) groups excluding carboxylic acids is 4. The zero-order valence-corrected chi connectivity index (χ0v) is 41.7. The monoisotopic (exact) mass is 998 g/mol. The molecule has 10 nitrogen and oxygen atoms in total. The Bertz CT molecular complexity index is 2150. The first-order valence-electron chi connectivity index (χ1n) is 23.4. The number of hydrogen-bond acceptors (Lipinski definition) is 10. The zero-order chi connectivity index (χ0) is 47.8. The molecule has 0 spiro atoms. The Balaban J connectivity index is 0.834. The van der Waals surface area contributed by atoms with Gasteiger partial charge in [0.2, 0.25) is 0 Å². The van der Waals surface area contributed by atoms with Crippen molar-refractivity contribution in [2.75, 3.05) is 13.2 Å². The molecule has 2 heterocycles. The van der Waals surface area contributed by atoms with Gasteiger partial charge >= 0.3 is 0 Å². The molecule has 0 aromatic rings. The summed E-state index contributed by atoms with van der Waals surface area (Å²) in [7, 11) is 0. The van der Waals surface area contributed by atoms with Crippen molar-refractivity contribution in [3.63, 3.8) is 0 Å². The second-order valence-corrected chi connectivity index (χ2v) is 25.3. The van der Waals surface area contributed by atoms with Crippen molar-refractivity contribution in [3.8, 4) is 0 Å². The molecule has 18 unspecified atom stereocenters. The van der Waals surface area contributed by atoms with Gasteiger partial charge in [0.25, 0.3) is 0 Å². The quantitative estimate of drug-likeness (QED) is 0.0956. The summed E-state index contributed by atoms with van der Waals surface area (Å²) < 4.78 is 59.2. The molecule has 18 atom stereocenters. The van der Waals surface area contributed by atoms with Crippen LogP contribution in [0.5, 0.6) is 0 Å². The van der Waals surface area contributed by atoms with Crippen LogP contribution in [0.2, 0.25) is 0 Å². The summed E-state index contributed by atoms with van der Waals surface area (Å²) in [6.07, 6.45) is 6.56. The maximum atomic E-state index is 16.2. The standard InChI is InChI=1S/C50H60Cl4F2O10/c1-41(2)63-39-17-29-31-15-35(55)33-13-25(57)9-11-43(33,5)49(31,53)37(51)21-45(29,7)47(39,65-41)19-27(59)23-61-62-24-28(60)20-48-40(64-42(3,4)66-48)18-30-32-16-36(56)34-14-26(58)10-12-44(34,6)50(32,54)38(52)22-46(30,48)8/h9-14,29-32,35-40H,15-24H2,1-8H3. The summed E-state index contributed by atoms with van der Waals surface area (Å²) in [6.45, 7) is 14.0. The molecule has 66 heavy (non-hydrogen) atoms. The fourth-order valence-corrected chi connectivity index (χ4v) is 18.7. The topological polar surface area (TPSA) is 124 Å². The third-order valence-electron chi connectivity index (χ3n) is 19.0. The van der Waals surface area contributed by atoms with E-state index in [9.17, 15) is 19.2 Å². The summed E-state index contributed by atoms with van der Waals surface area (Å²) in [6, 6.07) is 0. The molecule has 0 radical (unpaired) electrons. The normalized spacial score (nSPS) is 52.2. The van der Waals surface area contributed by atoms with Crippen LogP contribution in [0.15, 0.2) is 47.6 Å². The number of ketones is 4. The Labute approximate surface area is 405 Å². The van der Waals surface area contributed by atoms with E-state index >= 15 is 8.78 Å². The van der Waals surface area contributed by atoms with Crippen LogP contribution in [0.25, 0.3) is 0 Å². The molecule has 0 aromatic carbocycles. The molecule has 6 saturated carbocycles. The van der Waals surface area contributed by atoms with Gasteiger partial charge in [-0.2, -0.15) is 0 Å². The van der Waals surface area contributed by atoms with E-state index in [1.807, 2.05) is 27.7 Å². The zero-order valence-electron chi connectivity index (χ0n) is 38.7. The van der Waals surface area contributed by atoms with Crippen LogP contribution in [-0.4, -0.2) is 104 Å². The summed E-state index contributed by atoms with van der Waals surface area (Å²) in [5, 5.41) is -1.38. The lowest BCUT2D eigenvalue weighted by Gasteiger charge is -2.64. The van der Waals surface area contributed by atoms with E-state index in [-0.39, 0.29) is 60.7 Å². The molecule has 0 amide bonds. The number of hydrogen-bond donors (Lipinski definition) is 0. The van der Waals surface area contributed by atoms with Gasteiger partial charge in [-0.25, -0.2) is 18.6 Å². The maximum Gasteiger partial charge on any atom is 0.178 e. The van der Waals surface area contributed by atoms with Crippen LogP contribution in [0.4, 0.5) is 8.78 Å². The first-order chi connectivity index (χ1) is 30.6. The predicted molar refractivity (Wildman–Crippen MR) is 241 cm³/mol. The Kier molecular flexibility index (Phi) is 10.9. The highest BCUT2D eigenvalue weighted by Gasteiger charge is 2.80. The number of rotatable bonds is 9. The minimum absolute atomic E-state index is 0.0639. The summed E-state index contributed by atoms with van der Waals surface area (Å²) in [5.41, 5.74) is -5.24. The van der Waals surface area contributed by atoms with E-state index in [0.29, 0.717) is 36.8 Å². The molecule has 2 saturated heterocycles. The second kappa shape index (κ2) is 15.0. The van der Waals surface area contributed by atoms with Gasteiger partial charge in [0, 0.05) is 34.5 Å². The summed E-state index contributed by atoms with van der Waals surface area (Å²) in [4.78, 5) is 61.7. The molecule has 16 heteroatoms. The largest absolute Gasteiger partial charge is 0.344 e. The molecule has 8 aliphatic carbocycles. The van der Waals surface area contributed by atoms with Crippen LogP contribution >= 0.6 is 46.4 Å². The SMILES string of the molecule is CC1(C)OC2CC3C4CC(F)C5=CC(=O)C=CC5(C)C4(Cl)C(Cl)CC3(C)C2(CC(=O)COOCC(=O)CC23OC(C)(C)OC2CC2C4CC(F)C5=CC(=O)C=CC5(C)C4(Cl)C(Cl)CC23C)O1. The van der Waals surface area contributed by atoms with Crippen molar-refractivity contribution in [3.05, 3.63) is 47.6 Å². The van der Waals surface area contributed by atoms with Gasteiger partial charge in [-0.05, 0) is 125 Å². The molecule has 0 aromatic heterocycles. The molecule has 0 bridgehead atoms. The number of Topliss-reactive ketones (excluding diaryl/α,β-unsaturated/α-hetero) is 2. The lowest BCUT2D eigenvalue weighted by molar-refractivity contribution is -0.285. The molecule has 8 fully saturated rings. The van der Waals surface area contributed by atoms with Gasteiger partial charge in [0.15, 0.2) is 34.7 Å². The van der Waals surface area contributed by atoms with Gasteiger partial charge in [0.05, 0.1) is 32.7 Å². The number of allylic oxidation sites excluding steroid dienone is 8. The van der Waals surface area contributed by atoms with E-state index in [2.05, 4.69) is 0 Å². The highest BCUT2D eigenvalue weighted by atomic mass is 35.5. The fraction of sp³-hybridized carbons (Fsp3) is 0.760. The molecule has 10 aliphatic rings. The van der Waals surface area contributed by atoms with Crippen molar-refractivity contribution >= 4 is 69.5 Å². The molecular weight excluding hydrogens is 940 g/mol. The molecule has 2 aliphatic heterocycles. The minimum Gasteiger partial charge on any atom is -0.344 e.